The normalized spacial score (nSPS) is 14.3. The van der Waals surface area contributed by atoms with Crippen molar-refractivity contribution in [2.24, 2.45) is 5.73 Å². The zero-order chi connectivity index (χ0) is 9.78. The fourth-order valence-electron chi connectivity index (χ4n) is 0.373. The van der Waals surface area contributed by atoms with E-state index in [1.807, 2.05) is 0 Å². The van der Waals surface area contributed by atoms with Gasteiger partial charge in [-0.05, 0) is 0 Å². The largest absolute Gasteiger partial charge is 0.480 e. The van der Waals surface area contributed by atoms with Crippen molar-refractivity contribution in [1.82, 2.24) is 0 Å². The first-order valence-electron chi connectivity index (χ1n) is 2.96. The molecule has 0 fully saturated rings. The van der Waals surface area contributed by atoms with Gasteiger partial charge in [-0.15, -0.1) is 0 Å². The van der Waals surface area contributed by atoms with Crippen molar-refractivity contribution in [3.8, 4) is 0 Å². The molecular formula is C5H8F3NO2S. The van der Waals surface area contributed by atoms with Gasteiger partial charge in [-0.25, -0.2) is 0 Å². The molecule has 0 rings (SSSR count). The highest BCUT2D eigenvalue weighted by molar-refractivity contribution is 7.99. The number of hydrogen-bond acceptors (Lipinski definition) is 3. The van der Waals surface area contributed by atoms with Crippen LogP contribution in [0.5, 0.6) is 0 Å². The molecule has 72 valence electrons. The number of carboxylic acids is 1. The van der Waals surface area contributed by atoms with Gasteiger partial charge in [0, 0.05) is 5.75 Å². The second kappa shape index (κ2) is 4.56. The number of thioether (sulfide) groups is 1. The summed E-state index contributed by atoms with van der Waals surface area (Å²) in [5.41, 5.74) is 4.96. The Balaban J connectivity index is 3.51. The average Bonchev–Trinajstić information content (AvgIpc) is 1.84. The molecule has 0 saturated carbocycles. The maximum absolute atomic E-state index is 11.5. The van der Waals surface area contributed by atoms with Gasteiger partial charge >= 0.3 is 12.1 Å². The third-order valence-electron chi connectivity index (χ3n) is 0.880. The van der Waals surface area contributed by atoms with Gasteiger partial charge in [0.05, 0.1) is 5.75 Å². The molecule has 0 unspecified atom stereocenters. The van der Waals surface area contributed by atoms with E-state index >= 15 is 0 Å². The van der Waals surface area contributed by atoms with Gasteiger partial charge in [0.1, 0.15) is 6.04 Å². The van der Waals surface area contributed by atoms with E-state index in [0.29, 0.717) is 11.8 Å². The summed E-state index contributed by atoms with van der Waals surface area (Å²) in [5.74, 6) is -2.58. The molecule has 0 aliphatic carbocycles. The monoisotopic (exact) mass is 203 g/mol. The first-order valence-corrected chi connectivity index (χ1v) is 4.11. The summed E-state index contributed by atoms with van der Waals surface area (Å²) in [5, 5.41) is 8.19. The molecule has 0 aromatic carbocycles. The summed E-state index contributed by atoms with van der Waals surface area (Å²) in [6.45, 7) is 0. The number of carboxylic acid groups (broad SMARTS) is 1. The van der Waals surface area contributed by atoms with Crippen molar-refractivity contribution in [2.75, 3.05) is 11.5 Å². The van der Waals surface area contributed by atoms with E-state index in [2.05, 4.69) is 0 Å². The summed E-state index contributed by atoms with van der Waals surface area (Å²) in [7, 11) is 0. The Kier molecular flexibility index (Phi) is 4.40. The lowest BCUT2D eigenvalue weighted by Crippen LogP contribution is -2.33. The SMILES string of the molecule is N[C@H](CSCC(F)(F)F)C(=O)O. The van der Waals surface area contributed by atoms with Crippen molar-refractivity contribution < 1.29 is 23.1 Å². The Morgan fingerprint density at radius 1 is 1.58 bits per heavy atom. The van der Waals surface area contributed by atoms with Crippen LogP contribution in [0.1, 0.15) is 0 Å². The number of carbonyl (C=O) groups is 1. The number of halogens is 3. The van der Waals surface area contributed by atoms with Crippen LogP contribution in [0.3, 0.4) is 0 Å². The Bertz CT molecular complexity index is 161. The van der Waals surface area contributed by atoms with Crippen LogP contribution in [0.2, 0.25) is 0 Å². The zero-order valence-corrected chi connectivity index (χ0v) is 6.78. The minimum Gasteiger partial charge on any atom is -0.480 e. The maximum atomic E-state index is 11.5. The lowest BCUT2D eigenvalue weighted by atomic mass is 10.4. The molecule has 0 bridgehead atoms. The second-order valence-electron chi connectivity index (χ2n) is 2.08. The van der Waals surface area contributed by atoms with Crippen LogP contribution in [0.25, 0.3) is 0 Å². The summed E-state index contributed by atoms with van der Waals surface area (Å²) in [4.78, 5) is 10.0. The minimum absolute atomic E-state index is 0.227. The lowest BCUT2D eigenvalue weighted by molar-refractivity contribution is -0.138. The van der Waals surface area contributed by atoms with Gasteiger partial charge < -0.3 is 10.8 Å². The van der Waals surface area contributed by atoms with Gasteiger partial charge in [-0.1, -0.05) is 0 Å². The van der Waals surface area contributed by atoms with Gasteiger partial charge in [0.15, 0.2) is 0 Å². The van der Waals surface area contributed by atoms with Crippen LogP contribution in [-0.4, -0.2) is 34.8 Å². The number of alkyl halides is 3. The average molecular weight is 203 g/mol. The van der Waals surface area contributed by atoms with Crippen LogP contribution in [0, 0.1) is 0 Å². The second-order valence-corrected chi connectivity index (χ2v) is 3.11. The first-order chi connectivity index (χ1) is 5.33. The third-order valence-corrected chi connectivity index (χ3v) is 2.01. The van der Waals surface area contributed by atoms with Crippen LogP contribution in [-0.2, 0) is 4.79 Å². The number of nitrogens with two attached hydrogens (primary N) is 1. The fourth-order valence-corrected chi connectivity index (χ4v) is 1.12. The van der Waals surface area contributed by atoms with Crippen molar-refractivity contribution in [3.05, 3.63) is 0 Å². The number of rotatable bonds is 4. The topological polar surface area (TPSA) is 63.3 Å². The van der Waals surface area contributed by atoms with E-state index in [4.69, 9.17) is 10.8 Å². The van der Waals surface area contributed by atoms with Crippen LogP contribution < -0.4 is 5.73 Å². The van der Waals surface area contributed by atoms with Crippen molar-refractivity contribution in [2.45, 2.75) is 12.2 Å². The van der Waals surface area contributed by atoms with Crippen molar-refractivity contribution >= 4 is 17.7 Å². The molecule has 3 nitrogen and oxygen atoms in total. The predicted molar refractivity (Wildman–Crippen MR) is 39.0 cm³/mol. The van der Waals surface area contributed by atoms with Crippen molar-refractivity contribution in [3.63, 3.8) is 0 Å². The molecule has 0 amide bonds. The number of hydrogen-bond donors (Lipinski definition) is 2. The fraction of sp³-hybridized carbons (Fsp3) is 0.800. The molecule has 0 aliphatic rings. The standard InChI is InChI=1S/C5H8F3NO2S/c6-5(7,8)2-12-1-3(9)4(10)11/h3H,1-2,9H2,(H,10,11)/t3-/m1/s1. The molecule has 0 saturated heterocycles. The van der Waals surface area contributed by atoms with Crippen LogP contribution >= 0.6 is 11.8 Å². The molecule has 3 N–H and O–H groups in total. The Morgan fingerprint density at radius 3 is 2.42 bits per heavy atom. The van der Waals surface area contributed by atoms with Gasteiger partial charge in [0.25, 0.3) is 0 Å². The Morgan fingerprint density at radius 2 is 2.08 bits per heavy atom. The smallest absolute Gasteiger partial charge is 0.397 e. The lowest BCUT2D eigenvalue weighted by Gasteiger charge is -2.07. The van der Waals surface area contributed by atoms with Gasteiger partial charge in [-0.2, -0.15) is 24.9 Å². The highest BCUT2D eigenvalue weighted by Gasteiger charge is 2.27. The van der Waals surface area contributed by atoms with Crippen LogP contribution in [0.15, 0.2) is 0 Å². The highest BCUT2D eigenvalue weighted by Crippen LogP contribution is 2.21. The minimum atomic E-state index is -4.26. The molecule has 0 heterocycles. The summed E-state index contributed by atoms with van der Waals surface area (Å²) in [6.07, 6.45) is -4.26. The van der Waals surface area contributed by atoms with Gasteiger partial charge in [0.2, 0.25) is 0 Å². The van der Waals surface area contributed by atoms with E-state index < -0.39 is 23.9 Å². The third kappa shape index (κ3) is 6.29. The Hall–Kier alpha value is -0.430. The molecule has 1 atom stereocenters. The van der Waals surface area contributed by atoms with E-state index in [0.717, 1.165) is 0 Å². The molecular weight excluding hydrogens is 195 g/mol. The molecule has 0 aromatic heterocycles. The quantitative estimate of drug-likeness (QED) is 0.705. The maximum Gasteiger partial charge on any atom is 0.397 e. The van der Waals surface area contributed by atoms with E-state index in [-0.39, 0.29) is 5.75 Å². The summed E-state index contributed by atoms with van der Waals surface area (Å²) in [6, 6.07) is -1.22. The molecule has 0 aliphatic heterocycles. The molecule has 12 heavy (non-hydrogen) atoms. The Labute approximate surface area is 71.1 Å². The zero-order valence-electron chi connectivity index (χ0n) is 5.97. The van der Waals surface area contributed by atoms with Crippen LogP contribution in [0.4, 0.5) is 13.2 Å². The van der Waals surface area contributed by atoms with E-state index in [1.54, 1.807) is 0 Å². The first kappa shape index (κ1) is 11.6. The molecule has 7 heteroatoms. The summed E-state index contributed by atoms with van der Waals surface area (Å²) < 4.78 is 34.5. The predicted octanol–water partition coefficient (Wildman–Crippen LogP) is 0.694. The summed E-state index contributed by atoms with van der Waals surface area (Å²) >= 11 is 0.466. The number of aliphatic carboxylic acids is 1. The molecule has 0 spiro atoms. The van der Waals surface area contributed by atoms with E-state index in [9.17, 15) is 18.0 Å². The van der Waals surface area contributed by atoms with E-state index in [1.165, 1.54) is 0 Å². The van der Waals surface area contributed by atoms with Crippen molar-refractivity contribution in [1.29, 1.82) is 0 Å². The van der Waals surface area contributed by atoms with Gasteiger partial charge in [-0.3, -0.25) is 4.79 Å². The molecule has 0 radical (unpaired) electrons. The molecule has 0 aromatic rings. The highest BCUT2D eigenvalue weighted by atomic mass is 32.2.